The lowest BCUT2D eigenvalue weighted by Gasteiger charge is -2.23. The van der Waals surface area contributed by atoms with Gasteiger partial charge in [-0.25, -0.2) is 4.98 Å². The molecule has 2 rings (SSSR count). The van der Waals surface area contributed by atoms with Crippen molar-refractivity contribution in [2.24, 2.45) is 5.73 Å². The predicted octanol–water partition coefficient (Wildman–Crippen LogP) is 2.20. The van der Waals surface area contributed by atoms with E-state index in [1.807, 2.05) is 6.92 Å². The number of aryl methyl sites for hydroxylation is 1. The Labute approximate surface area is 101 Å². The molecule has 1 heterocycles. The molecule has 0 aliphatic heterocycles. The van der Waals surface area contributed by atoms with E-state index >= 15 is 0 Å². The fraction of sp³-hybridized carbons (Fsp3) is 0.750. The monoisotopic (exact) mass is 239 g/mol. The zero-order chi connectivity index (χ0) is 11.4. The molecule has 0 radical (unpaired) electrons. The summed E-state index contributed by atoms with van der Waals surface area (Å²) < 4.78 is 0. The van der Waals surface area contributed by atoms with E-state index in [1.165, 1.54) is 30.7 Å². The summed E-state index contributed by atoms with van der Waals surface area (Å²) in [4.78, 5) is 4.42. The Morgan fingerprint density at radius 1 is 1.50 bits per heavy atom. The van der Waals surface area contributed by atoms with Crippen molar-refractivity contribution in [3.8, 4) is 0 Å². The summed E-state index contributed by atoms with van der Waals surface area (Å²) in [6.07, 6.45) is 6.11. The second-order valence-electron chi connectivity index (χ2n) is 4.88. The number of nitrogens with zero attached hydrogens (tertiary/aromatic N) is 1. The van der Waals surface area contributed by atoms with Crippen LogP contribution in [0.25, 0.3) is 0 Å². The number of aromatic nitrogens is 1. The van der Waals surface area contributed by atoms with Crippen LogP contribution < -0.4 is 11.1 Å². The Balaban J connectivity index is 1.65. The normalized spacial score (nSPS) is 19.1. The molecule has 1 saturated carbocycles. The van der Waals surface area contributed by atoms with Gasteiger partial charge in [0.15, 0.2) is 0 Å². The topological polar surface area (TPSA) is 50.9 Å². The van der Waals surface area contributed by atoms with Crippen molar-refractivity contribution in [1.82, 2.24) is 10.3 Å². The number of nitrogens with one attached hydrogen (secondary N) is 1. The summed E-state index contributed by atoms with van der Waals surface area (Å²) >= 11 is 1.73. The molecule has 1 aromatic rings. The van der Waals surface area contributed by atoms with E-state index in [9.17, 15) is 0 Å². The van der Waals surface area contributed by atoms with Crippen molar-refractivity contribution in [2.75, 3.05) is 6.54 Å². The summed E-state index contributed by atoms with van der Waals surface area (Å²) in [7, 11) is 0. The van der Waals surface area contributed by atoms with Crippen molar-refractivity contribution in [1.29, 1.82) is 0 Å². The van der Waals surface area contributed by atoms with Crippen LogP contribution in [0.3, 0.4) is 0 Å². The van der Waals surface area contributed by atoms with Crippen LogP contribution in [0, 0.1) is 6.92 Å². The Morgan fingerprint density at radius 2 is 2.25 bits per heavy atom. The van der Waals surface area contributed by atoms with Gasteiger partial charge in [0.2, 0.25) is 0 Å². The van der Waals surface area contributed by atoms with E-state index in [-0.39, 0.29) is 5.54 Å². The smallest absolute Gasteiger partial charge is 0.107 e. The van der Waals surface area contributed by atoms with Gasteiger partial charge in [-0.15, -0.1) is 11.3 Å². The van der Waals surface area contributed by atoms with Crippen LogP contribution in [0.15, 0.2) is 5.38 Å². The quantitative estimate of drug-likeness (QED) is 0.775. The second kappa shape index (κ2) is 5.25. The van der Waals surface area contributed by atoms with Gasteiger partial charge in [-0.3, -0.25) is 0 Å². The Kier molecular flexibility index (Phi) is 3.95. The van der Waals surface area contributed by atoms with Gasteiger partial charge in [-0.05, 0) is 32.7 Å². The SMILES string of the molecule is Cc1csc(CNCCC2(N)CCCC2)n1. The minimum absolute atomic E-state index is 0.117. The summed E-state index contributed by atoms with van der Waals surface area (Å²) in [6, 6.07) is 0. The second-order valence-corrected chi connectivity index (χ2v) is 5.82. The molecule has 1 aromatic heterocycles. The van der Waals surface area contributed by atoms with Gasteiger partial charge >= 0.3 is 0 Å². The lowest BCUT2D eigenvalue weighted by Crippen LogP contribution is -2.39. The summed E-state index contributed by atoms with van der Waals surface area (Å²) in [6.45, 7) is 3.93. The number of rotatable bonds is 5. The van der Waals surface area contributed by atoms with Crippen LogP contribution in [0.1, 0.15) is 42.8 Å². The highest BCUT2D eigenvalue weighted by atomic mass is 32.1. The summed E-state index contributed by atoms with van der Waals surface area (Å²) in [5.41, 5.74) is 7.52. The zero-order valence-corrected chi connectivity index (χ0v) is 10.8. The molecule has 3 nitrogen and oxygen atoms in total. The van der Waals surface area contributed by atoms with Gasteiger partial charge < -0.3 is 11.1 Å². The molecule has 0 bridgehead atoms. The summed E-state index contributed by atoms with van der Waals surface area (Å²) in [5.74, 6) is 0. The standard InChI is InChI=1S/C12H21N3S/c1-10-9-16-11(15-10)8-14-7-6-12(13)4-2-3-5-12/h9,14H,2-8,13H2,1H3. The molecule has 90 valence electrons. The Bertz CT molecular complexity index is 329. The molecular weight excluding hydrogens is 218 g/mol. The van der Waals surface area contributed by atoms with E-state index in [0.717, 1.165) is 25.2 Å². The minimum atomic E-state index is 0.117. The molecule has 1 fully saturated rings. The number of hydrogen-bond acceptors (Lipinski definition) is 4. The van der Waals surface area contributed by atoms with Crippen molar-refractivity contribution < 1.29 is 0 Å². The van der Waals surface area contributed by atoms with E-state index in [4.69, 9.17) is 5.73 Å². The zero-order valence-electron chi connectivity index (χ0n) is 9.96. The molecule has 3 N–H and O–H groups in total. The highest BCUT2D eigenvalue weighted by Crippen LogP contribution is 2.29. The Hall–Kier alpha value is -0.450. The third kappa shape index (κ3) is 3.27. The maximum absolute atomic E-state index is 6.29. The molecule has 0 aromatic carbocycles. The van der Waals surface area contributed by atoms with Gasteiger partial charge in [-0.1, -0.05) is 12.8 Å². The third-order valence-corrected chi connectivity index (χ3v) is 4.31. The minimum Gasteiger partial charge on any atom is -0.325 e. The van der Waals surface area contributed by atoms with Crippen LogP contribution in [0.5, 0.6) is 0 Å². The fourth-order valence-corrected chi connectivity index (χ4v) is 3.09. The molecule has 0 amide bonds. The van der Waals surface area contributed by atoms with Gasteiger partial charge in [0, 0.05) is 23.2 Å². The van der Waals surface area contributed by atoms with E-state index in [1.54, 1.807) is 11.3 Å². The van der Waals surface area contributed by atoms with E-state index in [2.05, 4.69) is 15.7 Å². The molecule has 0 saturated heterocycles. The molecule has 1 aliphatic carbocycles. The first kappa shape index (κ1) is 12.0. The van der Waals surface area contributed by atoms with E-state index < -0.39 is 0 Å². The molecule has 0 spiro atoms. The van der Waals surface area contributed by atoms with Crippen molar-refractivity contribution in [2.45, 2.75) is 51.1 Å². The number of hydrogen-bond donors (Lipinski definition) is 2. The number of thiazole rings is 1. The highest BCUT2D eigenvalue weighted by molar-refractivity contribution is 7.09. The maximum atomic E-state index is 6.29. The first-order chi connectivity index (χ1) is 7.68. The predicted molar refractivity (Wildman–Crippen MR) is 68.6 cm³/mol. The highest BCUT2D eigenvalue weighted by Gasteiger charge is 2.28. The van der Waals surface area contributed by atoms with Crippen LogP contribution in [-0.2, 0) is 6.54 Å². The van der Waals surface area contributed by atoms with E-state index in [0.29, 0.717) is 0 Å². The lowest BCUT2D eigenvalue weighted by molar-refractivity contribution is 0.393. The lowest BCUT2D eigenvalue weighted by atomic mass is 9.95. The average Bonchev–Trinajstić information content (AvgIpc) is 2.84. The number of nitrogens with two attached hydrogens (primary N) is 1. The van der Waals surface area contributed by atoms with Crippen molar-refractivity contribution in [3.63, 3.8) is 0 Å². The maximum Gasteiger partial charge on any atom is 0.107 e. The molecule has 16 heavy (non-hydrogen) atoms. The van der Waals surface area contributed by atoms with Gasteiger partial charge in [0.05, 0.1) is 0 Å². The van der Waals surface area contributed by atoms with Gasteiger partial charge in [-0.2, -0.15) is 0 Å². The van der Waals surface area contributed by atoms with Crippen molar-refractivity contribution >= 4 is 11.3 Å². The Morgan fingerprint density at radius 3 is 2.88 bits per heavy atom. The van der Waals surface area contributed by atoms with Crippen LogP contribution in [0.4, 0.5) is 0 Å². The van der Waals surface area contributed by atoms with Crippen molar-refractivity contribution in [3.05, 3.63) is 16.1 Å². The third-order valence-electron chi connectivity index (χ3n) is 3.34. The largest absolute Gasteiger partial charge is 0.325 e. The average molecular weight is 239 g/mol. The first-order valence-electron chi connectivity index (χ1n) is 6.09. The first-order valence-corrected chi connectivity index (χ1v) is 6.97. The molecule has 0 unspecified atom stereocenters. The van der Waals surface area contributed by atoms with Crippen LogP contribution in [0.2, 0.25) is 0 Å². The van der Waals surface area contributed by atoms with Crippen LogP contribution in [-0.4, -0.2) is 17.1 Å². The molecular formula is C12H21N3S. The van der Waals surface area contributed by atoms with Crippen LogP contribution >= 0.6 is 11.3 Å². The van der Waals surface area contributed by atoms with Gasteiger partial charge in [0.25, 0.3) is 0 Å². The van der Waals surface area contributed by atoms with Gasteiger partial charge in [0.1, 0.15) is 5.01 Å². The summed E-state index contributed by atoms with van der Waals surface area (Å²) in [5, 5.41) is 6.71. The molecule has 0 atom stereocenters. The molecule has 1 aliphatic rings. The fourth-order valence-electron chi connectivity index (χ4n) is 2.35. The molecule has 4 heteroatoms.